The maximum Gasteiger partial charge on any atom is 0.326 e. The Morgan fingerprint density at radius 3 is 2.35 bits per heavy atom. The van der Waals surface area contributed by atoms with E-state index in [0.717, 1.165) is 4.90 Å². The Morgan fingerprint density at radius 1 is 1.13 bits per heavy atom. The third kappa shape index (κ3) is 8.89. The van der Waals surface area contributed by atoms with Gasteiger partial charge in [-0.2, -0.15) is 0 Å². The molecule has 0 bridgehead atoms. The van der Waals surface area contributed by atoms with Crippen LogP contribution in [0, 0.1) is 0 Å². The number of hydrogen-bond acceptors (Lipinski definition) is 8. The Bertz CT molecular complexity index is 678. The van der Waals surface area contributed by atoms with Crippen LogP contribution in [0.25, 0.3) is 0 Å². The van der Waals surface area contributed by atoms with Gasteiger partial charge < -0.3 is 37.2 Å². The van der Waals surface area contributed by atoms with Crippen LogP contribution >= 0.6 is 0 Å². The third-order valence-corrected chi connectivity index (χ3v) is 5.78. The molecule has 0 aromatic carbocycles. The van der Waals surface area contributed by atoms with Crippen molar-refractivity contribution in [3.63, 3.8) is 0 Å². The van der Waals surface area contributed by atoms with Crippen molar-refractivity contribution in [2.24, 2.45) is 11.5 Å². The summed E-state index contributed by atoms with van der Waals surface area (Å²) >= 11 is 0. The minimum absolute atomic E-state index is 0.00985. The number of carboxylic acid groups (broad SMARTS) is 1. The molecule has 12 nitrogen and oxygen atoms in total. The number of carbonyl (C=O) groups excluding carboxylic acids is 3. The fraction of sp³-hybridized carbons (Fsp3) is 0.778. The first kappa shape index (κ1) is 26.9. The molecule has 0 spiro atoms. The monoisotopic (exact) mass is 463 g/mol. The highest BCUT2D eigenvalue weighted by molar-refractivity contribution is 7.84. The van der Waals surface area contributed by atoms with Crippen LogP contribution in [0.2, 0.25) is 0 Å². The number of nitrogens with two attached hydrogens (primary N) is 2. The molecule has 0 aromatic rings. The molecule has 1 unspecified atom stereocenters. The average molecular weight is 464 g/mol. The third-order valence-electron chi connectivity index (χ3n) is 4.97. The standard InChI is InChI=1S/C18H33N5O7S/c1-31(30)7-5-12(16(26)22-13(18(28)29)4-2-3-6-19)21-17(27)14-8-11(24)10-23(14)15(25)9-20/h11-14,24H,2-10,19-20H2,1H3,(H,21,27)(H,22,26)(H,28,29)/t11-,12+,13+,14+,31?/m1/s1. The van der Waals surface area contributed by atoms with E-state index < -0.39 is 58.7 Å². The van der Waals surface area contributed by atoms with Crippen molar-refractivity contribution in [3.8, 4) is 0 Å². The number of hydrogen-bond donors (Lipinski definition) is 6. The maximum atomic E-state index is 12.8. The van der Waals surface area contributed by atoms with Gasteiger partial charge >= 0.3 is 5.97 Å². The molecular weight excluding hydrogens is 430 g/mol. The molecule has 8 N–H and O–H groups in total. The number of amides is 3. The lowest BCUT2D eigenvalue weighted by atomic mass is 10.1. The molecular formula is C18H33N5O7S. The number of aliphatic carboxylic acids is 1. The van der Waals surface area contributed by atoms with Crippen molar-refractivity contribution in [2.75, 3.05) is 31.6 Å². The molecule has 1 fully saturated rings. The summed E-state index contributed by atoms with van der Waals surface area (Å²) in [6, 6.07) is -3.32. The lowest BCUT2D eigenvalue weighted by Gasteiger charge is -2.26. The van der Waals surface area contributed by atoms with Crippen molar-refractivity contribution in [1.82, 2.24) is 15.5 Å². The minimum Gasteiger partial charge on any atom is -0.480 e. The summed E-state index contributed by atoms with van der Waals surface area (Å²) in [4.78, 5) is 50.1. The smallest absolute Gasteiger partial charge is 0.326 e. The Kier molecular flexibility index (Phi) is 11.6. The van der Waals surface area contributed by atoms with Gasteiger partial charge in [-0.05, 0) is 32.2 Å². The number of carbonyl (C=O) groups is 4. The predicted molar refractivity (Wildman–Crippen MR) is 113 cm³/mol. The molecule has 13 heteroatoms. The molecule has 0 aliphatic carbocycles. The number of rotatable bonds is 13. The number of β-amino-alcohol motifs (C(OH)–C–C–N with tert-alkyl or cyclic N) is 1. The fourth-order valence-corrected chi connectivity index (χ4v) is 3.87. The van der Waals surface area contributed by atoms with Crippen molar-refractivity contribution in [3.05, 3.63) is 0 Å². The van der Waals surface area contributed by atoms with E-state index in [1.807, 2.05) is 0 Å². The molecule has 178 valence electrons. The van der Waals surface area contributed by atoms with Gasteiger partial charge in [-0.15, -0.1) is 0 Å². The normalized spacial score (nSPS) is 21.2. The number of unbranched alkanes of at least 4 members (excludes halogenated alkanes) is 1. The van der Waals surface area contributed by atoms with Crippen LogP contribution in [0.3, 0.4) is 0 Å². The first-order valence-corrected chi connectivity index (χ1v) is 11.8. The van der Waals surface area contributed by atoms with Gasteiger partial charge in [0.05, 0.1) is 12.6 Å². The van der Waals surface area contributed by atoms with Crippen molar-refractivity contribution in [1.29, 1.82) is 0 Å². The molecule has 1 rings (SSSR count). The number of nitrogens with zero attached hydrogens (tertiary/aromatic N) is 1. The summed E-state index contributed by atoms with van der Waals surface area (Å²) in [6.07, 6.45) is 1.81. The number of aliphatic hydroxyl groups is 1. The van der Waals surface area contributed by atoms with Gasteiger partial charge in [-0.3, -0.25) is 18.6 Å². The van der Waals surface area contributed by atoms with Gasteiger partial charge in [0.2, 0.25) is 17.7 Å². The topological polar surface area (TPSA) is 205 Å². The second kappa shape index (κ2) is 13.3. The minimum atomic E-state index is -1.25. The van der Waals surface area contributed by atoms with E-state index in [1.54, 1.807) is 0 Å². The molecule has 1 heterocycles. The number of nitrogens with one attached hydrogen (secondary N) is 2. The summed E-state index contributed by atoms with van der Waals surface area (Å²) in [7, 11) is -1.25. The van der Waals surface area contributed by atoms with Gasteiger partial charge in [-0.25, -0.2) is 4.79 Å². The second-order valence-corrected chi connectivity index (χ2v) is 9.02. The Labute approximate surface area is 183 Å². The summed E-state index contributed by atoms with van der Waals surface area (Å²) in [5.41, 5.74) is 10.8. The molecule has 0 saturated carbocycles. The van der Waals surface area contributed by atoms with Crippen molar-refractivity contribution < 1.29 is 33.6 Å². The highest BCUT2D eigenvalue weighted by Gasteiger charge is 2.39. The Hall–Kier alpha value is -2.09. The van der Waals surface area contributed by atoms with Crippen LogP contribution in [-0.4, -0.2) is 98.9 Å². The largest absolute Gasteiger partial charge is 0.480 e. The molecule has 1 aliphatic rings. The van der Waals surface area contributed by atoms with Crippen LogP contribution in [0.4, 0.5) is 0 Å². The number of carboxylic acids is 1. The van der Waals surface area contributed by atoms with Crippen LogP contribution in [-0.2, 0) is 30.0 Å². The van der Waals surface area contributed by atoms with Gasteiger partial charge in [0.1, 0.15) is 18.1 Å². The highest BCUT2D eigenvalue weighted by atomic mass is 32.2. The molecule has 1 aliphatic heterocycles. The van der Waals surface area contributed by atoms with Gasteiger partial charge in [-0.1, -0.05) is 0 Å². The average Bonchev–Trinajstić information content (AvgIpc) is 3.11. The highest BCUT2D eigenvalue weighted by Crippen LogP contribution is 2.18. The summed E-state index contributed by atoms with van der Waals surface area (Å²) in [6.45, 7) is 0.0110. The van der Waals surface area contributed by atoms with E-state index in [-0.39, 0.29) is 38.1 Å². The predicted octanol–water partition coefficient (Wildman–Crippen LogP) is -3.14. The van der Waals surface area contributed by atoms with E-state index in [2.05, 4.69) is 10.6 Å². The lowest BCUT2D eigenvalue weighted by Crippen LogP contribution is -2.56. The summed E-state index contributed by atoms with van der Waals surface area (Å²) in [5, 5.41) is 24.1. The van der Waals surface area contributed by atoms with Crippen LogP contribution in [0.15, 0.2) is 0 Å². The van der Waals surface area contributed by atoms with Crippen molar-refractivity contribution in [2.45, 2.75) is 56.3 Å². The molecule has 5 atom stereocenters. The quantitative estimate of drug-likeness (QED) is 0.152. The van der Waals surface area contributed by atoms with Gasteiger partial charge in [0.15, 0.2) is 0 Å². The van der Waals surface area contributed by atoms with E-state index in [0.29, 0.717) is 19.4 Å². The number of aliphatic hydroxyl groups excluding tert-OH is 1. The Balaban J connectivity index is 2.90. The van der Waals surface area contributed by atoms with Crippen LogP contribution in [0.5, 0.6) is 0 Å². The van der Waals surface area contributed by atoms with E-state index >= 15 is 0 Å². The molecule has 1 saturated heterocycles. The Morgan fingerprint density at radius 2 is 1.81 bits per heavy atom. The molecule has 31 heavy (non-hydrogen) atoms. The SMILES string of the molecule is CS(=O)CC[C@H](NC(=O)[C@@H]1C[C@@H](O)CN1C(=O)CN)C(=O)N[C@@H](CCCCN)C(=O)O. The summed E-state index contributed by atoms with van der Waals surface area (Å²) in [5.74, 6) is -3.03. The first-order chi connectivity index (χ1) is 14.6. The molecule has 0 radical (unpaired) electrons. The number of likely N-dealkylation sites (tertiary alicyclic amines) is 1. The van der Waals surface area contributed by atoms with Gasteiger partial charge in [0, 0.05) is 35.8 Å². The summed E-state index contributed by atoms with van der Waals surface area (Å²) < 4.78 is 11.5. The fourth-order valence-electron chi connectivity index (χ4n) is 3.30. The lowest BCUT2D eigenvalue weighted by molar-refractivity contribution is -0.143. The van der Waals surface area contributed by atoms with Gasteiger partial charge in [0.25, 0.3) is 0 Å². The van der Waals surface area contributed by atoms with Crippen molar-refractivity contribution >= 4 is 34.5 Å². The maximum absolute atomic E-state index is 12.8. The van der Waals surface area contributed by atoms with E-state index in [4.69, 9.17) is 11.5 Å². The van der Waals surface area contributed by atoms with E-state index in [9.17, 15) is 33.6 Å². The zero-order valence-electron chi connectivity index (χ0n) is 17.6. The van der Waals surface area contributed by atoms with Crippen LogP contribution < -0.4 is 22.1 Å². The second-order valence-electron chi connectivity index (χ2n) is 7.47. The first-order valence-electron chi connectivity index (χ1n) is 10.1. The van der Waals surface area contributed by atoms with E-state index in [1.165, 1.54) is 6.26 Å². The van der Waals surface area contributed by atoms with Crippen LogP contribution in [0.1, 0.15) is 32.1 Å². The molecule has 3 amide bonds. The zero-order valence-corrected chi connectivity index (χ0v) is 18.4. The molecule has 0 aromatic heterocycles. The zero-order chi connectivity index (χ0) is 23.6.